The van der Waals surface area contributed by atoms with E-state index in [1.54, 1.807) is 12.1 Å². The number of Topliss-reactive ketones (excluding diaryl/α,β-unsaturated/α-hetero) is 1. The summed E-state index contributed by atoms with van der Waals surface area (Å²) in [7, 11) is 0. The molecule has 2 rings (SSSR count). The van der Waals surface area contributed by atoms with Crippen LogP contribution in [0.2, 0.25) is 0 Å². The van der Waals surface area contributed by atoms with Gasteiger partial charge in [-0.3, -0.25) is 9.69 Å². The van der Waals surface area contributed by atoms with Gasteiger partial charge in [-0.05, 0) is 25.0 Å². The van der Waals surface area contributed by atoms with Crippen LogP contribution < -0.4 is 0 Å². The van der Waals surface area contributed by atoms with Gasteiger partial charge in [0, 0.05) is 38.9 Å². The topological polar surface area (TPSA) is 46.6 Å². The van der Waals surface area contributed by atoms with Gasteiger partial charge in [0.15, 0.2) is 0 Å². The first-order valence-corrected chi connectivity index (χ1v) is 9.84. The summed E-state index contributed by atoms with van der Waals surface area (Å²) in [5.74, 6) is 0.129. The zero-order valence-corrected chi connectivity index (χ0v) is 15.9. The predicted molar refractivity (Wildman–Crippen MR) is 104 cm³/mol. The Kier molecular flexibility index (Phi) is 9.11. The van der Waals surface area contributed by atoms with Crippen LogP contribution in [0.4, 0.5) is 0 Å². The first-order chi connectivity index (χ1) is 12.7. The van der Waals surface area contributed by atoms with Gasteiger partial charge >= 0.3 is 5.97 Å². The molecule has 0 unspecified atom stereocenters. The van der Waals surface area contributed by atoms with Gasteiger partial charge in [0.05, 0.1) is 5.56 Å². The van der Waals surface area contributed by atoms with Crippen molar-refractivity contribution in [1.29, 1.82) is 0 Å². The molecular formula is C22H31NO3. The van der Waals surface area contributed by atoms with E-state index in [0.29, 0.717) is 24.2 Å². The van der Waals surface area contributed by atoms with Gasteiger partial charge in [-0.15, -0.1) is 0 Å². The second kappa shape index (κ2) is 11.6. The molecule has 0 N–H and O–H groups in total. The van der Waals surface area contributed by atoms with Crippen molar-refractivity contribution in [2.75, 3.05) is 19.6 Å². The Balaban J connectivity index is 1.80. The number of likely N-dealkylation sites (tertiary alicyclic amines) is 1. The molecule has 142 valence electrons. The molecule has 0 spiro atoms. The summed E-state index contributed by atoms with van der Waals surface area (Å²) < 4.78 is 5.74. The standard InChI is InChI=1S/C22H31NO3/c1-2-3-5-12-21(26-22(25)19-10-6-4-7-11-19)13-8-9-16-23-17-14-20(24)15-18-23/h4,6-11,21H,2-3,5,12-18H2,1H3/b9-8+/t21-/m1/s1. The van der Waals surface area contributed by atoms with E-state index in [1.807, 2.05) is 18.2 Å². The highest BCUT2D eigenvalue weighted by atomic mass is 16.5. The Hall–Kier alpha value is -1.94. The molecule has 1 heterocycles. The summed E-state index contributed by atoms with van der Waals surface area (Å²) >= 11 is 0. The highest BCUT2D eigenvalue weighted by Crippen LogP contribution is 2.14. The predicted octanol–water partition coefficient (Wildman–Crippen LogP) is 4.40. The van der Waals surface area contributed by atoms with Crippen LogP contribution in [-0.4, -0.2) is 42.4 Å². The van der Waals surface area contributed by atoms with E-state index in [9.17, 15) is 9.59 Å². The van der Waals surface area contributed by atoms with Crippen molar-refractivity contribution in [3.63, 3.8) is 0 Å². The molecule has 0 saturated carbocycles. The van der Waals surface area contributed by atoms with Gasteiger partial charge in [0.2, 0.25) is 0 Å². The normalized spacial score (nSPS) is 16.7. The number of ether oxygens (including phenoxy) is 1. The van der Waals surface area contributed by atoms with Crippen LogP contribution in [0.15, 0.2) is 42.5 Å². The molecule has 1 atom stereocenters. The first kappa shape index (κ1) is 20.4. The molecule has 4 heteroatoms. The van der Waals surface area contributed by atoms with Gasteiger partial charge in [-0.2, -0.15) is 0 Å². The van der Waals surface area contributed by atoms with Crippen molar-refractivity contribution in [2.24, 2.45) is 0 Å². The number of piperidine rings is 1. The zero-order valence-electron chi connectivity index (χ0n) is 15.9. The molecule has 1 aliphatic rings. The van der Waals surface area contributed by atoms with Gasteiger partial charge in [-0.1, -0.05) is 50.1 Å². The van der Waals surface area contributed by atoms with Gasteiger partial charge < -0.3 is 4.74 Å². The smallest absolute Gasteiger partial charge is 0.338 e. The van der Waals surface area contributed by atoms with Crippen molar-refractivity contribution < 1.29 is 14.3 Å². The first-order valence-electron chi connectivity index (χ1n) is 9.84. The van der Waals surface area contributed by atoms with Crippen LogP contribution in [0.5, 0.6) is 0 Å². The maximum atomic E-state index is 12.3. The lowest BCUT2D eigenvalue weighted by Gasteiger charge is -2.24. The number of carbonyl (C=O) groups excluding carboxylic acids is 2. The minimum Gasteiger partial charge on any atom is -0.458 e. The molecular weight excluding hydrogens is 326 g/mol. The molecule has 1 aromatic rings. The van der Waals surface area contributed by atoms with Crippen LogP contribution >= 0.6 is 0 Å². The number of nitrogens with zero attached hydrogens (tertiary/aromatic N) is 1. The molecule has 1 saturated heterocycles. The summed E-state index contributed by atoms with van der Waals surface area (Å²) in [6.07, 6.45) is 10.5. The van der Waals surface area contributed by atoms with Crippen molar-refractivity contribution in [3.8, 4) is 0 Å². The number of hydrogen-bond donors (Lipinski definition) is 0. The summed E-state index contributed by atoms with van der Waals surface area (Å²) in [5, 5.41) is 0. The second-order valence-electron chi connectivity index (χ2n) is 6.94. The lowest BCUT2D eigenvalue weighted by atomic mass is 10.1. The quantitative estimate of drug-likeness (QED) is 0.354. The number of unbranched alkanes of at least 4 members (excludes halogenated alkanes) is 2. The molecule has 0 aliphatic carbocycles. The van der Waals surface area contributed by atoms with Crippen LogP contribution in [0, 0.1) is 0 Å². The molecule has 1 aliphatic heterocycles. The van der Waals surface area contributed by atoms with Crippen molar-refractivity contribution in [2.45, 2.75) is 58.0 Å². The third kappa shape index (κ3) is 7.52. The lowest BCUT2D eigenvalue weighted by molar-refractivity contribution is -0.121. The maximum Gasteiger partial charge on any atom is 0.338 e. The van der Waals surface area contributed by atoms with Crippen LogP contribution in [0.3, 0.4) is 0 Å². The Bertz CT molecular complexity index is 572. The van der Waals surface area contributed by atoms with E-state index in [1.165, 1.54) is 0 Å². The van der Waals surface area contributed by atoms with Crippen molar-refractivity contribution in [3.05, 3.63) is 48.0 Å². The summed E-state index contributed by atoms with van der Waals surface area (Å²) in [4.78, 5) is 25.9. The van der Waals surface area contributed by atoms with Crippen LogP contribution in [0.1, 0.15) is 62.2 Å². The lowest BCUT2D eigenvalue weighted by Crippen LogP contribution is -2.33. The number of carbonyl (C=O) groups is 2. The average molecular weight is 357 g/mol. The van der Waals surface area contributed by atoms with Gasteiger partial charge in [-0.25, -0.2) is 4.79 Å². The maximum absolute atomic E-state index is 12.3. The SMILES string of the molecule is CCCCC[C@H](C/C=C/CN1CCC(=O)CC1)OC(=O)c1ccccc1. The highest BCUT2D eigenvalue weighted by molar-refractivity contribution is 5.89. The average Bonchev–Trinajstić information content (AvgIpc) is 2.67. The molecule has 26 heavy (non-hydrogen) atoms. The summed E-state index contributed by atoms with van der Waals surface area (Å²) in [5.41, 5.74) is 0.606. The second-order valence-corrected chi connectivity index (χ2v) is 6.94. The molecule has 0 aromatic heterocycles. The fourth-order valence-corrected chi connectivity index (χ4v) is 3.10. The van der Waals surface area contributed by atoms with Gasteiger partial charge in [0.25, 0.3) is 0 Å². The van der Waals surface area contributed by atoms with E-state index in [4.69, 9.17) is 4.74 Å². The van der Waals surface area contributed by atoms with Crippen molar-refractivity contribution in [1.82, 2.24) is 4.90 Å². The monoisotopic (exact) mass is 357 g/mol. The molecule has 0 bridgehead atoms. The number of ketones is 1. The molecule has 1 aromatic carbocycles. The third-order valence-corrected chi connectivity index (χ3v) is 4.76. The van der Waals surface area contributed by atoms with E-state index < -0.39 is 0 Å². The summed E-state index contributed by atoms with van der Waals surface area (Å²) in [6.45, 7) is 4.74. The van der Waals surface area contributed by atoms with E-state index in [0.717, 1.165) is 51.7 Å². The highest BCUT2D eigenvalue weighted by Gasteiger charge is 2.16. The van der Waals surface area contributed by atoms with E-state index in [-0.39, 0.29) is 12.1 Å². The van der Waals surface area contributed by atoms with Gasteiger partial charge in [0.1, 0.15) is 11.9 Å². The minimum atomic E-state index is -0.241. The number of hydrogen-bond acceptors (Lipinski definition) is 4. The van der Waals surface area contributed by atoms with E-state index in [2.05, 4.69) is 24.0 Å². The van der Waals surface area contributed by atoms with E-state index >= 15 is 0 Å². The summed E-state index contributed by atoms with van der Waals surface area (Å²) in [6, 6.07) is 9.18. The fraction of sp³-hybridized carbons (Fsp3) is 0.545. The zero-order chi connectivity index (χ0) is 18.6. The number of rotatable bonds is 10. The molecule has 0 amide bonds. The minimum absolute atomic E-state index is 0.0755. The molecule has 4 nitrogen and oxygen atoms in total. The third-order valence-electron chi connectivity index (χ3n) is 4.76. The van der Waals surface area contributed by atoms with Crippen LogP contribution in [-0.2, 0) is 9.53 Å². The Morgan fingerprint density at radius 3 is 2.58 bits per heavy atom. The fourth-order valence-electron chi connectivity index (χ4n) is 3.10. The number of esters is 1. The van der Waals surface area contributed by atoms with Crippen LogP contribution in [0.25, 0.3) is 0 Å². The van der Waals surface area contributed by atoms with Crippen molar-refractivity contribution >= 4 is 11.8 Å². The largest absolute Gasteiger partial charge is 0.458 e. The Labute approximate surface area is 157 Å². The number of benzene rings is 1. The molecule has 1 fully saturated rings. The Morgan fingerprint density at radius 1 is 1.15 bits per heavy atom. The Morgan fingerprint density at radius 2 is 1.88 bits per heavy atom. The molecule has 0 radical (unpaired) electrons.